The Hall–Kier alpha value is -0.490. The first-order valence-electron chi connectivity index (χ1n) is 5.13. The van der Waals surface area contributed by atoms with Crippen molar-refractivity contribution in [3.8, 4) is 0 Å². The summed E-state index contributed by atoms with van der Waals surface area (Å²) >= 11 is 3.46. The second-order valence-electron chi connectivity index (χ2n) is 3.66. The average molecular weight is 327 g/mol. The van der Waals surface area contributed by atoms with Crippen molar-refractivity contribution in [3.05, 3.63) is 29.8 Å². The fourth-order valence-corrected chi connectivity index (χ4v) is 2.41. The predicted molar refractivity (Wildman–Crippen MR) is 66.3 cm³/mol. The minimum Gasteiger partial charge on any atom is -0.218 e. The van der Waals surface area contributed by atoms with Gasteiger partial charge in [-0.25, -0.2) is 8.42 Å². The Balaban J connectivity index is 2.89. The summed E-state index contributed by atoms with van der Waals surface area (Å²) in [4.78, 5) is -0.0288. The molecule has 6 heteroatoms. The highest BCUT2D eigenvalue weighted by Gasteiger charge is 2.26. The minimum atomic E-state index is -4.47. The van der Waals surface area contributed by atoms with Crippen LogP contribution in [0.25, 0.3) is 0 Å². The van der Waals surface area contributed by atoms with Crippen LogP contribution in [0, 0.1) is 0 Å². The van der Waals surface area contributed by atoms with E-state index in [4.69, 9.17) is 0 Å². The highest BCUT2D eigenvalue weighted by molar-refractivity contribution is 9.09. The first-order valence-corrected chi connectivity index (χ1v) is 7.59. The van der Waals surface area contributed by atoms with E-state index in [1.54, 1.807) is 12.1 Å². The van der Waals surface area contributed by atoms with Gasteiger partial charge in [0.15, 0.2) is 0 Å². The molecular formula is C11H13BrF2O2S. The van der Waals surface area contributed by atoms with Crippen LogP contribution in [-0.2, 0) is 16.3 Å². The molecule has 0 aliphatic heterocycles. The molecule has 0 aliphatic rings. The van der Waals surface area contributed by atoms with Gasteiger partial charge in [0, 0.05) is 4.83 Å². The molecule has 0 N–H and O–H groups in total. The van der Waals surface area contributed by atoms with E-state index >= 15 is 0 Å². The van der Waals surface area contributed by atoms with E-state index in [1.165, 1.54) is 12.1 Å². The van der Waals surface area contributed by atoms with Crippen LogP contribution < -0.4 is 0 Å². The SMILES string of the molecule is CCC(Br)Cc1ccc(S(=O)(=O)C(F)F)cc1. The zero-order chi connectivity index (χ0) is 13.1. The summed E-state index contributed by atoms with van der Waals surface area (Å²) in [5, 5.41) is 0. The number of alkyl halides is 3. The number of hydrogen-bond acceptors (Lipinski definition) is 2. The first-order chi connectivity index (χ1) is 7.87. The molecule has 1 unspecified atom stereocenters. The molecule has 0 spiro atoms. The van der Waals surface area contributed by atoms with E-state index in [1.807, 2.05) is 6.92 Å². The number of hydrogen-bond donors (Lipinski definition) is 0. The summed E-state index contributed by atoms with van der Waals surface area (Å²) < 4.78 is 46.9. The monoisotopic (exact) mass is 326 g/mol. The predicted octanol–water partition coefficient (Wildman–Crippen LogP) is 3.40. The number of halogens is 3. The Labute approximate surface area is 108 Å². The lowest BCUT2D eigenvalue weighted by Gasteiger charge is -2.08. The van der Waals surface area contributed by atoms with Crippen LogP contribution in [0.2, 0.25) is 0 Å². The van der Waals surface area contributed by atoms with E-state index in [2.05, 4.69) is 15.9 Å². The van der Waals surface area contributed by atoms with Gasteiger partial charge in [0.25, 0.3) is 0 Å². The highest BCUT2D eigenvalue weighted by Crippen LogP contribution is 2.20. The Morgan fingerprint density at radius 2 is 1.76 bits per heavy atom. The van der Waals surface area contributed by atoms with Crippen LogP contribution in [0.15, 0.2) is 29.2 Å². The van der Waals surface area contributed by atoms with Crippen molar-refractivity contribution in [2.45, 2.75) is 35.2 Å². The van der Waals surface area contributed by atoms with Crippen LogP contribution in [-0.4, -0.2) is 19.0 Å². The normalized spacial score (nSPS) is 13.9. The van der Waals surface area contributed by atoms with Gasteiger partial charge in [-0.15, -0.1) is 0 Å². The first kappa shape index (κ1) is 14.6. The summed E-state index contributed by atoms with van der Waals surface area (Å²) in [6, 6.07) is 5.59. The molecule has 1 atom stereocenters. The number of rotatable bonds is 5. The average Bonchev–Trinajstić information content (AvgIpc) is 2.29. The maximum atomic E-state index is 12.3. The van der Waals surface area contributed by atoms with E-state index < -0.39 is 15.6 Å². The molecule has 0 amide bonds. The van der Waals surface area contributed by atoms with Crippen molar-refractivity contribution in [2.24, 2.45) is 0 Å². The third kappa shape index (κ3) is 3.74. The van der Waals surface area contributed by atoms with Gasteiger partial charge in [-0.3, -0.25) is 0 Å². The Kier molecular flexibility index (Phi) is 5.06. The fourth-order valence-electron chi connectivity index (χ4n) is 1.32. The Morgan fingerprint density at radius 3 is 2.18 bits per heavy atom. The summed E-state index contributed by atoms with van der Waals surface area (Å²) in [5.74, 6) is -3.37. The van der Waals surface area contributed by atoms with Gasteiger partial charge >= 0.3 is 5.76 Å². The lowest BCUT2D eigenvalue weighted by molar-refractivity contribution is 0.234. The minimum absolute atomic E-state index is 0.306. The third-order valence-corrected chi connectivity index (χ3v) is 4.76. The van der Waals surface area contributed by atoms with Gasteiger partial charge in [-0.05, 0) is 30.5 Å². The maximum absolute atomic E-state index is 12.3. The van der Waals surface area contributed by atoms with Crippen LogP contribution in [0.5, 0.6) is 0 Å². The van der Waals surface area contributed by atoms with Gasteiger partial charge in [-0.2, -0.15) is 8.78 Å². The zero-order valence-electron chi connectivity index (χ0n) is 9.24. The zero-order valence-corrected chi connectivity index (χ0v) is 11.6. The molecule has 0 aromatic heterocycles. The summed E-state index contributed by atoms with van der Waals surface area (Å²) in [6.45, 7) is 2.02. The molecule has 0 saturated heterocycles. The third-order valence-electron chi connectivity index (χ3n) is 2.39. The van der Waals surface area contributed by atoms with Crippen molar-refractivity contribution >= 4 is 25.8 Å². The molecule has 1 rings (SSSR count). The quantitative estimate of drug-likeness (QED) is 0.777. The van der Waals surface area contributed by atoms with Crippen molar-refractivity contribution in [1.82, 2.24) is 0 Å². The maximum Gasteiger partial charge on any atom is 0.341 e. The van der Waals surface area contributed by atoms with Crippen LogP contribution >= 0.6 is 15.9 Å². The van der Waals surface area contributed by atoms with E-state index in [-0.39, 0.29) is 4.90 Å². The molecule has 0 radical (unpaired) electrons. The van der Waals surface area contributed by atoms with Crippen LogP contribution in [0.3, 0.4) is 0 Å². The second-order valence-corrected chi connectivity index (χ2v) is 6.87. The Bertz CT molecular complexity index is 457. The lowest BCUT2D eigenvalue weighted by Crippen LogP contribution is -2.11. The molecule has 96 valence electrons. The molecule has 2 nitrogen and oxygen atoms in total. The largest absolute Gasteiger partial charge is 0.341 e. The molecule has 1 aromatic rings. The van der Waals surface area contributed by atoms with E-state index in [0.29, 0.717) is 4.83 Å². The molecule has 0 bridgehead atoms. The molecule has 0 aliphatic carbocycles. The summed E-state index contributed by atoms with van der Waals surface area (Å²) in [7, 11) is -4.47. The number of sulfone groups is 1. The van der Waals surface area contributed by atoms with Crippen LogP contribution in [0.4, 0.5) is 8.78 Å². The smallest absolute Gasteiger partial charge is 0.218 e. The molecule has 0 heterocycles. The fraction of sp³-hybridized carbons (Fsp3) is 0.455. The van der Waals surface area contributed by atoms with Gasteiger partial charge < -0.3 is 0 Å². The van der Waals surface area contributed by atoms with Gasteiger partial charge in [0.2, 0.25) is 9.84 Å². The molecule has 0 saturated carbocycles. The lowest BCUT2D eigenvalue weighted by atomic mass is 10.1. The number of benzene rings is 1. The van der Waals surface area contributed by atoms with Crippen LogP contribution in [0.1, 0.15) is 18.9 Å². The van der Waals surface area contributed by atoms with Gasteiger partial charge in [0.1, 0.15) is 0 Å². The second kappa shape index (κ2) is 5.91. The van der Waals surface area contributed by atoms with Crippen molar-refractivity contribution in [2.75, 3.05) is 0 Å². The van der Waals surface area contributed by atoms with Crippen molar-refractivity contribution < 1.29 is 17.2 Å². The molecule has 1 aromatic carbocycles. The standard InChI is InChI=1S/C11H13BrF2O2S/c1-2-9(12)7-8-3-5-10(6-4-8)17(15,16)11(13)14/h3-6,9,11H,2,7H2,1H3. The summed E-state index contributed by atoms with van der Waals surface area (Å²) in [5.41, 5.74) is 0.918. The van der Waals surface area contributed by atoms with Crippen molar-refractivity contribution in [1.29, 1.82) is 0 Å². The topological polar surface area (TPSA) is 34.1 Å². The molecule has 0 fully saturated rings. The molecular weight excluding hydrogens is 314 g/mol. The summed E-state index contributed by atoms with van der Waals surface area (Å²) in [6.07, 6.45) is 1.68. The van der Waals surface area contributed by atoms with Crippen molar-refractivity contribution in [3.63, 3.8) is 0 Å². The Morgan fingerprint density at radius 1 is 1.24 bits per heavy atom. The highest BCUT2D eigenvalue weighted by atomic mass is 79.9. The van der Waals surface area contributed by atoms with E-state index in [9.17, 15) is 17.2 Å². The van der Waals surface area contributed by atoms with E-state index in [0.717, 1.165) is 18.4 Å². The van der Waals surface area contributed by atoms with Gasteiger partial charge in [0.05, 0.1) is 4.90 Å². The molecule has 17 heavy (non-hydrogen) atoms. The van der Waals surface area contributed by atoms with Gasteiger partial charge in [-0.1, -0.05) is 35.0 Å².